The molecule has 0 N–H and O–H groups in total. The van der Waals surface area contributed by atoms with E-state index in [0.717, 1.165) is 0 Å². The molecule has 0 aliphatic heterocycles. The van der Waals surface area contributed by atoms with Gasteiger partial charge in [0, 0.05) is 11.8 Å². The maximum Gasteiger partial charge on any atom is 0.293 e. The molecule has 0 aliphatic rings. The second-order valence-corrected chi connectivity index (χ2v) is 3.68. The zero-order chi connectivity index (χ0) is 11.1. The summed E-state index contributed by atoms with van der Waals surface area (Å²) >= 11 is 1.29. The molecule has 0 saturated heterocycles. The van der Waals surface area contributed by atoms with E-state index in [2.05, 4.69) is 4.74 Å². The van der Waals surface area contributed by atoms with Crippen molar-refractivity contribution in [1.29, 1.82) is 0 Å². The number of thioether (sulfide) groups is 1. The van der Waals surface area contributed by atoms with Crippen LogP contribution in [-0.4, -0.2) is 23.8 Å². The Morgan fingerprint density at radius 2 is 2.20 bits per heavy atom. The van der Waals surface area contributed by atoms with Crippen LogP contribution in [0.25, 0.3) is 0 Å². The number of carbonyl (C=O) groups excluding carboxylic acids is 1. The molecule has 1 rings (SSSR count). The average molecular weight is 227 g/mol. The van der Waals surface area contributed by atoms with E-state index >= 15 is 0 Å². The van der Waals surface area contributed by atoms with Crippen LogP contribution in [-0.2, 0) is 9.53 Å². The highest BCUT2D eigenvalue weighted by molar-refractivity contribution is 7.99. The SMILES string of the molecule is O=COCCSc1ccccc1[N+](=O)[O-]. The largest absolute Gasteiger partial charge is 0.467 e. The molecule has 1 aromatic rings. The average Bonchev–Trinajstić information content (AvgIpc) is 2.25. The summed E-state index contributed by atoms with van der Waals surface area (Å²) in [7, 11) is 0. The highest BCUT2D eigenvalue weighted by Gasteiger charge is 2.11. The van der Waals surface area contributed by atoms with Crippen LogP contribution < -0.4 is 0 Å². The summed E-state index contributed by atoms with van der Waals surface area (Å²) in [5, 5.41) is 10.6. The summed E-state index contributed by atoms with van der Waals surface area (Å²) in [6.45, 7) is 0.611. The van der Waals surface area contributed by atoms with Gasteiger partial charge in [-0.1, -0.05) is 12.1 Å². The molecule has 0 heterocycles. The Morgan fingerprint density at radius 1 is 1.47 bits per heavy atom. The fraction of sp³-hybridized carbons (Fsp3) is 0.222. The fourth-order valence-electron chi connectivity index (χ4n) is 0.978. The van der Waals surface area contributed by atoms with E-state index in [4.69, 9.17) is 0 Å². The quantitative estimate of drug-likeness (QED) is 0.244. The van der Waals surface area contributed by atoms with E-state index in [0.29, 0.717) is 17.1 Å². The molecule has 80 valence electrons. The third-order valence-corrected chi connectivity index (χ3v) is 2.62. The van der Waals surface area contributed by atoms with Gasteiger partial charge in [-0.3, -0.25) is 14.9 Å². The van der Waals surface area contributed by atoms with Crippen molar-refractivity contribution in [2.75, 3.05) is 12.4 Å². The minimum atomic E-state index is -0.428. The van der Waals surface area contributed by atoms with Crippen LogP contribution in [0, 0.1) is 10.1 Å². The van der Waals surface area contributed by atoms with Crippen molar-refractivity contribution in [2.24, 2.45) is 0 Å². The van der Waals surface area contributed by atoms with E-state index in [1.165, 1.54) is 17.8 Å². The highest BCUT2D eigenvalue weighted by Crippen LogP contribution is 2.28. The number of para-hydroxylation sites is 1. The van der Waals surface area contributed by atoms with Crippen LogP contribution in [0.3, 0.4) is 0 Å². The Balaban J connectivity index is 2.59. The molecule has 0 aromatic heterocycles. The third-order valence-electron chi connectivity index (χ3n) is 1.59. The molecule has 0 amide bonds. The van der Waals surface area contributed by atoms with Gasteiger partial charge in [0.1, 0.15) is 6.61 Å². The maximum absolute atomic E-state index is 10.6. The number of ether oxygens (including phenoxy) is 1. The first kappa shape index (κ1) is 11.5. The number of nitrogens with zero attached hydrogens (tertiary/aromatic N) is 1. The van der Waals surface area contributed by atoms with E-state index in [1.54, 1.807) is 18.2 Å². The van der Waals surface area contributed by atoms with Crippen molar-refractivity contribution in [2.45, 2.75) is 4.90 Å². The van der Waals surface area contributed by atoms with Crippen LogP contribution in [0.15, 0.2) is 29.2 Å². The van der Waals surface area contributed by atoms with Crippen molar-refractivity contribution in [1.82, 2.24) is 0 Å². The summed E-state index contributed by atoms with van der Waals surface area (Å²) in [4.78, 5) is 20.6. The van der Waals surface area contributed by atoms with Crippen molar-refractivity contribution in [3.63, 3.8) is 0 Å². The molecule has 15 heavy (non-hydrogen) atoms. The van der Waals surface area contributed by atoms with Crippen LogP contribution in [0.2, 0.25) is 0 Å². The molecule has 0 unspecified atom stereocenters. The number of benzene rings is 1. The second kappa shape index (κ2) is 6.02. The van der Waals surface area contributed by atoms with Gasteiger partial charge >= 0.3 is 0 Å². The summed E-state index contributed by atoms with van der Waals surface area (Å²) in [6.07, 6.45) is 0. The fourth-order valence-corrected chi connectivity index (χ4v) is 1.84. The predicted octanol–water partition coefficient (Wildman–Crippen LogP) is 1.86. The van der Waals surface area contributed by atoms with Crippen LogP contribution in [0.4, 0.5) is 5.69 Å². The number of nitro groups is 1. The third kappa shape index (κ3) is 3.59. The molecule has 0 fully saturated rings. The molecular weight excluding hydrogens is 218 g/mol. The summed E-state index contributed by atoms with van der Waals surface area (Å²) in [5.41, 5.74) is 0.0774. The first-order valence-corrected chi connectivity index (χ1v) is 5.15. The summed E-state index contributed by atoms with van der Waals surface area (Å²) in [5.74, 6) is 0.504. The first-order chi connectivity index (χ1) is 7.25. The van der Waals surface area contributed by atoms with Gasteiger partial charge in [-0.05, 0) is 6.07 Å². The summed E-state index contributed by atoms with van der Waals surface area (Å²) < 4.78 is 4.48. The van der Waals surface area contributed by atoms with Gasteiger partial charge in [-0.25, -0.2) is 0 Å². The zero-order valence-electron chi connectivity index (χ0n) is 7.79. The van der Waals surface area contributed by atoms with Gasteiger partial charge in [0.2, 0.25) is 0 Å². The monoisotopic (exact) mass is 227 g/mol. The van der Waals surface area contributed by atoms with Gasteiger partial charge in [0.05, 0.1) is 9.82 Å². The Hall–Kier alpha value is -1.56. The lowest BCUT2D eigenvalue weighted by Crippen LogP contribution is -1.96. The summed E-state index contributed by atoms with van der Waals surface area (Å²) in [6, 6.07) is 6.46. The minimum Gasteiger partial charge on any atom is -0.467 e. The number of nitro benzene ring substituents is 1. The van der Waals surface area contributed by atoms with Gasteiger partial charge in [-0.15, -0.1) is 11.8 Å². The molecule has 0 saturated carbocycles. The molecule has 0 radical (unpaired) electrons. The van der Waals surface area contributed by atoms with Crippen molar-refractivity contribution in [3.05, 3.63) is 34.4 Å². The smallest absolute Gasteiger partial charge is 0.293 e. The lowest BCUT2D eigenvalue weighted by molar-refractivity contribution is -0.387. The Labute approximate surface area is 90.6 Å². The van der Waals surface area contributed by atoms with E-state index < -0.39 is 4.92 Å². The number of carbonyl (C=O) groups is 1. The van der Waals surface area contributed by atoms with Crippen LogP contribution in [0.1, 0.15) is 0 Å². The van der Waals surface area contributed by atoms with Crippen molar-refractivity contribution in [3.8, 4) is 0 Å². The molecule has 6 heteroatoms. The number of rotatable bonds is 6. The Bertz CT molecular complexity index is 356. The van der Waals surface area contributed by atoms with Gasteiger partial charge in [0.25, 0.3) is 12.2 Å². The molecule has 0 spiro atoms. The molecule has 0 aliphatic carbocycles. The van der Waals surface area contributed by atoms with Crippen molar-refractivity contribution < 1.29 is 14.5 Å². The molecule has 5 nitrogen and oxygen atoms in total. The Morgan fingerprint density at radius 3 is 2.87 bits per heavy atom. The molecular formula is C9H9NO4S. The topological polar surface area (TPSA) is 69.4 Å². The lowest BCUT2D eigenvalue weighted by atomic mass is 10.3. The van der Waals surface area contributed by atoms with Gasteiger partial charge < -0.3 is 4.74 Å². The van der Waals surface area contributed by atoms with Crippen molar-refractivity contribution >= 4 is 23.9 Å². The molecule has 0 bridgehead atoms. The second-order valence-electron chi connectivity index (χ2n) is 2.54. The van der Waals surface area contributed by atoms with Crippen LogP contribution >= 0.6 is 11.8 Å². The Kier molecular flexibility index (Phi) is 4.62. The van der Waals surface area contributed by atoms with E-state index in [1.807, 2.05) is 0 Å². The minimum absolute atomic E-state index is 0.0774. The van der Waals surface area contributed by atoms with Gasteiger partial charge in [0.15, 0.2) is 0 Å². The number of hydrogen-bond donors (Lipinski definition) is 0. The standard InChI is InChI=1S/C9H9NO4S/c11-7-14-5-6-15-9-4-2-1-3-8(9)10(12)13/h1-4,7H,5-6H2. The zero-order valence-corrected chi connectivity index (χ0v) is 8.61. The normalized spacial score (nSPS) is 9.60. The highest BCUT2D eigenvalue weighted by atomic mass is 32.2. The van der Waals surface area contributed by atoms with E-state index in [9.17, 15) is 14.9 Å². The number of hydrogen-bond acceptors (Lipinski definition) is 5. The predicted molar refractivity (Wildman–Crippen MR) is 55.8 cm³/mol. The molecule has 0 atom stereocenters. The maximum atomic E-state index is 10.6. The first-order valence-electron chi connectivity index (χ1n) is 4.17. The van der Waals surface area contributed by atoms with Crippen LogP contribution in [0.5, 0.6) is 0 Å². The lowest BCUT2D eigenvalue weighted by Gasteiger charge is -2.01. The van der Waals surface area contributed by atoms with E-state index in [-0.39, 0.29) is 12.3 Å². The molecule has 1 aromatic carbocycles. The van der Waals surface area contributed by atoms with Gasteiger partial charge in [-0.2, -0.15) is 0 Å².